The Kier molecular flexibility index (Phi) is 6.66. The molecule has 1 amide bonds. The highest BCUT2D eigenvalue weighted by molar-refractivity contribution is 7.89. The molecule has 3 rings (SSSR count). The van der Waals surface area contributed by atoms with Crippen LogP contribution in [0.3, 0.4) is 0 Å². The maximum atomic E-state index is 12.8. The first-order valence-corrected chi connectivity index (χ1v) is 10.6. The third-order valence-corrected chi connectivity index (χ3v) is 5.96. The fourth-order valence-electron chi connectivity index (χ4n) is 2.99. The lowest BCUT2D eigenvalue weighted by molar-refractivity contribution is 0.0857. The van der Waals surface area contributed by atoms with Crippen LogP contribution in [0.25, 0.3) is 0 Å². The van der Waals surface area contributed by atoms with Crippen molar-refractivity contribution < 1.29 is 22.7 Å². The van der Waals surface area contributed by atoms with Crippen LogP contribution in [0, 0.1) is 0 Å². The molecule has 0 spiro atoms. The van der Waals surface area contributed by atoms with Crippen molar-refractivity contribution >= 4 is 15.9 Å². The number of ether oxygens (including phenoxy) is 2. The number of sulfonamides is 1. The highest BCUT2D eigenvalue weighted by Crippen LogP contribution is 2.25. The van der Waals surface area contributed by atoms with E-state index in [1.807, 2.05) is 30.3 Å². The maximum Gasteiger partial charge on any atom is 0.251 e. The van der Waals surface area contributed by atoms with Crippen molar-refractivity contribution in [3.63, 3.8) is 0 Å². The number of benzene rings is 2. The molecule has 1 fully saturated rings. The van der Waals surface area contributed by atoms with Crippen molar-refractivity contribution in [2.45, 2.75) is 30.4 Å². The Labute approximate surface area is 165 Å². The Morgan fingerprint density at radius 1 is 1.21 bits per heavy atom. The first kappa shape index (κ1) is 20.3. The second-order valence-corrected chi connectivity index (χ2v) is 8.26. The van der Waals surface area contributed by atoms with Crippen LogP contribution >= 0.6 is 0 Å². The molecule has 2 N–H and O–H groups in total. The second-order valence-electron chi connectivity index (χ2n) is 6.52. The maximum absolute atomic E-state index is 12.8. The van der Waals surface area contributed by atoms with E-state index >= 15 is 0 Å². The van der Waals surface area contributed by atoms with Crippen molar-refractivity contribution in [1.82, 2.24) is 10.0 Å². The molecular weight excluding hydrogens is 380 g/mol. The summed E-state index contributed by atoms with van der Waals surface area (Å²) in [4.78, 5) is 12.4. The van der Waals surface area contributed by atoms with Gasteiger partial charge in [0.15, 0.2) is 0 Å². The molecule has 0 saturated carbocycles. The number of rotatable bonds is 8. The number of carbonyl (C=O) groups is 1. The quantitative estimate of drug-likeness (QED) is 0.703. The van der Waals surface area contributed by atoms with E-state index in [4.69, 9.17) is 9.47 Å². The summed E-state index contributed by atoms with van der Waals surface area (Å²) in [5, 5.41) is 2.79. The van der Waals surface area contributed by atoms with Gasteiger partial charge in [-0.15, -0.1) is 0 Å². The van der Waals surface area contributed by atoms with E-state index < -0.39 is 10.0 Å². The van der Waals surface area contributed by atoms with Crippen molar-refractivity contribution in [1.29, 1.82) is 0 Å². The SMILES string of the molecule is COc1ccc(C(=O)NC[C@H]2CCCO2)cc1S(=O)(=O)NCc1ccccc1. The van der Waals surface area contributed by atoms with Crippen LogP contribution < -0.4 is 14.8 Å². The van der Waals surface area contributed by atoms with Gasteiger partial charge in [0, 0.05) is 25.3 Å². The zero-order valence-corrected chi connectivity index (χ0v) is 16.5. The summed E-state index contributed by atoms with van der Waals surface area (Å²) in [6.45, 7) is 1.25. The van der Waals surface area contributed by atoms with Gasteiger partial charge in [0.05, 0.1) is 13.2 Å². The minimum absolute atomic E-state index is 0.0120. The molecule has 150 valence electrons. The first-order chi connectivity index (χ1) is 13.5. The van der Waals surface area contributed by atoms with E-state index in [2.05, 4.69) is 10.0 Å². The highest BCUT2D eigenvalue weighted by Gasteiger charge is 2.22. The summed E-state index contributed by atoms with van der Waals surface area (Å²) in [6, 6.07) is 13.5. The molecule has 0 aliphatic carbocycles. The number of nitrogens with one attached hydrogen (secondary N) is 2. The normalized spacial score (nSPS) is 16.7. The molecule has 0 aromatic heterocycles. The molecular formula is C20H24N2O5S. The monoisotopic (exact) mass is 404 g/mol. The molecule has 1 atom stereocenters. The molecule has 2 aromatic rings. The number of methoxy groups -OCH3 is 1. The summed E-state index contributed by atoms with van der Waals surface area (Å²) in [5.74, 6) is -0.172. The molecule has 1 aliphatic heterocycles. The van der Waals surface area contributed by atoms with Crippen LogP contribution in [-0.2, 0) is 21.3 Å². The molecule has 2 aromatic carbocycles. The highest BCUT2D eigenvalue weighted by atomic mass is 32.2. The second kappa shape index (κ2) is 9.18. The zero-order chi connectivity index (χ0) is 20.0. The Balaban J connectivity index is 1.74. The number of hydrogen-bond acceptors (Lipinski definition) is 5. The average Bonchev–Trinajstić information content (AvgIpc) is 3.24. The van der Waals surface area contributed by atoms with Crippen LogP contribution in [-0.4, -0.2) is 40.7 Å². The fraction of sp³-hybridized carbons (Fsp3) is 0.350. The Hall–Kier alpha value is -2.42. The van der Waals surface area contributed by atoms with Crippen molar-refractivity contribution in [3.8, 4) is 5.75 Å². The molecule has 0 unspecified atom stereocenters. The summed E-state index contributed by atoms with van der Waals surface area (Å²) < 4.78 is 38.8. The van der Waals surface area contributed by atoms with Crippen LogP contribution in [0.1, 0.15) is 28.8 Å². The Morgan fingerprint density at radius 2 is 2.00 bits per heavy atom. The van der Waals surface area contributed by atoms with Gasteiger partial charge < -0.3 is 14.8 Å². The Morgan fingerprint density at radius 3 is 2.68 bits per heavy atom. The third kappa shape index (κ3) is 5.09. The van der Waals surface area contributed by atoms with Gasteiger partial charge in [-0.3, -0.25) is 4.79 Å². The molecule has 7 nitrogen and oxygen atoms in total. The van der Waals surface area contributed by atoms with E-state index in [-0.39, 0.29) is 34.8 Å². The molecule has 0 radical (unpaired) electrons. The smallest absolute Gasteiger partial charge is 0.251 e. The minimum Gasteiger partial charge on any atom is -0.495 e. The predicted octanol–water partition coefficient (Wildman–Crippen LogP) is 2.08. The Bertz CT molecular complexity index is 909. The van der Waals surface area contributed by atoms with Gasteiger partial charge in [-0.25, -0.2) is 13.1 Å². The largest absolute Gasteiger partial charge is 0.495 e. The van der Waals surface area contributed by atoms with Gasteiger partial charge >= 0.3 is 0 Å². The van der Waals surface area contributed by atoms with E-state index in [0.717, 1.165) is 18.4 Å². The molecule has 1 aliphatic rings. The van der Waals surface area contributed by atoms with Gasteiger partial charge in [-0.1, -0.05) is 30.3 Å². The summed E-state index contributed by atoms with van der Waals surface area (Å²) in [6.07, 6.45) is 1.91. The van der Waals surface area contributed by atoms with Gasteiger partial charge in [0.2, 0.25) is 10.0 Å². The average molecular weight is 404 g/mol. The van der Waals surface area contributed by atoms with Gasteiger partial charge in [0.25, 0.3) is 5.91 Å². The topological polar surface area (TPSA) is 93.7 Å². The van der Waals surface area contributed by atoms with E-state index in [9.17, 15) is 13.2 Å². The van der Waals surface area contributed by atoms with Crippen LogP contribution in [0.4, 0.5) is 0 Å². The first-order valence-electron chi connectivity index (χ1n) is 9.11. The fourth-order valence-corrected chi connectivity index (χ4v) is 4.20. The molecule has 8 heteroatoms. The summed E-state index contributed by atoms with van der Waals surface area (Å²) >= 11 is 0. The zero-order valence-electron chi connectivity index (χ0n) is 15.7. The molecule has 1 heterocycles. The van der Waals surface area contributed by atoms with Crippen molar-refractivity contribution in [2.75, 3.05) is 20.3 Å². The van der Waals surface area contributed by atoms with E-state index in [1.54, 1.807) is 6.07 Å². The summed E-state index contributed by atoms with van der Waals surface area (Å²) in [7, 11) is -2.48. The standard InChI is InChI=1S/C20H24N2O5S/c1-26-18-10-9-16(20(23)21-14-17-8-5-11-27-17)12-19(18)28(24,25)22-13-15-6-3-2-4-7-15/h2-4,6-7,9-10,12,17,22H,5,8,11,13-14H2,1H3,(H,21,23)/t17-/m1/s1. The molecule has 28 heavy (non-hydrogen) atoms. The van der Waals surface area contributed by atoms with Crippen LogP contribution in [0.15, 0.2) is 53.4 Å². The molecule has 1 saturated heterocycles. The van der Waals surface area contributed by atoms with Gasteiger partial charge in [0.1, 0.15) is 10.6 Å². The molecule has 0 bridgehead atoms. The lowest BCUT2D eigenvalue weighted by Gasteiger charge is -2.14. The third-order valence-electron chi connectivity index (χ3n) is 4.54. The summed E-state index contributed by atoms with van der Waals surface area (Å²) in [5.41, 5.74) is 1.08. The van der Waals surface area contributed by atoms with Crippen molar-refractivity contribution in [2.24, 2.45) is 0 Å². The number of carbonyl (C=O) groups excluding carboxylic acids is 1. The van der Waals surface area contributed by atoms with E-state index in [1.165, 1.54) is 19.2 Å². The van der Waals surface area contributed by atoms with Gasteiger partial charge in [-0.2, -0.15) is 0 Å². The lowest BCUT2D eigenvalue weighted by Crippen LogP contribution is -2.32. The van der Waals surface area contributed by atoms with Gasteiger partial charge in [-0.05, 0) is 36.6 Å². The van der Waals surface area contributed by atoms with Crippen molar-refractivity contribution in [3.05, 3.63) is 59.7 Å². The lowest BCUT2D eigenvalue weighted by atomic mass is 10.2. The number of hydrogen-bond donors (Lipinski definition) is 2. The number of amides is 1. The van der Waals surface area contributed by atoms with Crippen LogP contribution in [0.2, 0.25) is 0 Å². The minimum atomic E-state index is -3.87. The predicted molar refractivity (Wildman–Crippen MR) is 105 cm³/mol. The van der Waals surface area contributed by atoms with E-state index in [0.29, 0.717) is 13.2 Å². The van der Waals surface area contributed by atoms with Crippen LogP contribution in [0.5, 0.6) is 5.75 Å².